The molecule has 0 aromatic carbocycles. The fourth-order valence-corrected chi connectivity index (χ4v) is 2.66. The van der Waals surface area contributed by atoms with Gasteiger partial charge in [0.1, 0.15) is 0 Å². The van der Waals surface area contributed by atoms with Gasteiger partial charge in [0.05, 0.1) is 5.01 Å². The number of thiazole rings is 1. The van der Waals surface area contributed by atoms with E-state index < -0.39 is 0 Å². The number of hydrogen-bond acceptors (Lipinski definition) is 3. The number of aromatic nitrogens is 1. The van der Waals surface area contributed by atoms with Crippen molar-refractivity contribution in [3.8, 4) is 0 Å². The van der Waals surface area contributed by atoms with Gasteiger partial charge < -0.3 is 4.90 Å². The zero-order valence-corrected chi connectivity index (χ0v) is 9.37. The van der Waals surface area contributed by atoms with Gasteiger partial charge in [0.2, 0.25) is 5.91 Å². The first kappa shape index (κ1) is 10.4. The third kappa shape index (κ3) is 2.45. The highest BCUT2D eigenvalue weighted by Gasteiger charge is 2.25. The first-order valence-corrected chi connectivity index (χ1v) is 5.97. The Kier molecular flexibility index (Phi) is 3.16. The van der Waals surface area contributed by atoms with Crippen LogP contribution in [-0.2, 0) is 11.2 Å². The Balaban J connectivity index is 1.88. The van der Waals surface area contributed by atoms with Crippen molar-refractivity contribution in [2.24, 2.45) is 5.92 Å². The van der Waals surface area contributed by atoms with Gasteiger partial charge in [0.25, 0.3) is 0 Å². The third-order valence-corrected chi connectivity index (χ3v) is 3.52. The summed E-state index contributed by atoms with van der Waals surface area (Å²) in [7, 11) is 0. The van der Waals surface area contributed by atoms with E-state index in [-0.39, 0.29) is 5.91 Å². The van der Waals surface area contributed by atoms with E-state index in [1.165, 1.54) is 11.1 Å². The standard InChI is InChI=1S/C11H14N2OS/c1-2-11(14)13-5-3-9(8-13)7-10-12-4-6-15-10/h2,4,6,9H,1,3,5,7-8H2. The predicted octanol–water partition coefficient (Wildman–Crippen LogP) is 1.72. The number of rotatable bonds is 3. The Morgan fingerprint density at radius 1 is 1.80 bits per heavy atom. The highest BCUT2D eigenvalue weighted by Crippen LogP contribution is 2.21. The van der Waals surface area contributed by atoms with E-state index in [4.69, 9.17) is 0 Å². The summed E-state index contributed by atoms with van der Waals surface area (Å²) in [6.07, 6.45) is 5.31. The fourth-order valence-electron chi connectivity index (χ4n) is 1.93. The topological polar surface area (TPSA) is 33.2 Å². The van der Waals surface area contributed by atoms with Crippen LogP contribution in [0.5, 0.6) is 0 Å². The van der Waals surface area contributed by atoms with Crippen molar-refractivity contribution in [2.45, 2.75) is 12.8 Å². The molecule has 1 unspecified atom stereocenters. The third-order valence-electron chi connectivity index (χ3n) is 2.72. The second-order valence-corrected chi connectivity index (χ2v) is 4.75. The molecule has 1 aliphatic rings. The van der Waals surface area contributed by atoms with Crippen molar-refractivity contribution in [1.82, 2.24) is 9.88 Å². The lowest BCUT2D eigenvalue weighted by molar-refractivity contribution is -0.125. The molecule has 0 saturated carbocycles. The number of likely N-dealkylation sites (tertiary alicyclic amines) is 1. The van der Waals surface area contributed by atoms with E-state index in [2.05, 4.69) is 11.6 Å². The maximum Gasteiger partial charge on any atom is 0.245 e. The van der Waals surface area contributed by atoms with Gasteiger partial charge in [0, 0.05) is 31.1 Å². The number of carbonyl (C=O) groups is 1. The van der Waals surface area contributed by atoms with Crippen molar-refractivity contribution >= 4 is 17.2 Å². The van der Waals surface area contributed by atoms with Crippen LogP contribution in [-0.4, -0.2) is 28.9 Å². The molecule has 2 rings (SSSR count). The molecule has 1 amide bonds. The molecule has 15 heavy (non-hydrogen) atoms. The van der Waals surface area contributed by atoms with Gasteiger partial charge in [-0.25, -0.2) is 4.98 Å². The molecule has 80 valence electrons. The second-order valence-electron chi connectivity index (χ2n) is 3.77. The Morgan fingerprint density at radius 2 is 2.67 bits per heavy atom. The number of hydrogen-bond donors (Lipinski definition) is 0. The van der Waals surface area contributed by atoms with Crippen LogP contribution in [0.25, 0.3) is 0 Å². The zero-order valence-electron chi connectivity index (χ0n) is 8.56. The molecule has 0 bridgehead atoms. The lowest BCUT2D eigenvalue weighted by Crippen LogP contribution is -2.26. The molecule has 1 fully saturated rings. The highest BCUT2D eigenvalue weighted by atomic mass is 32.1. The quantitative estimate of drug-likeness (QED) is 0.730. The molecule has 1 atom stereocenters. The van der Waals surface area contributed by atoms with Gasteiger partial charge in [-0.3, -0.25) is 4.79 Å². The minimum absolute atomic E-state index is 0.0524. The van der Waals surface area contributed by atoms with Gasteiger partial charge in [0.15, 0.2) is 0 Å². The van der Waals surface area contributed by atoms with Gasteiger partial charge >= 0.3 is 0 Å². The molecule has 0 spiro atoms. The molecule has 1 saturated heterocycles. The Hall–Kier alpha value is -1.16. The summed E-state index contributed by atoms with van der Waals surface area (Å²) in [5.74, 6) is 0.622. The fraction of sp³-hybridized carbons (Fsp3) is 0.455. The smallest absolute Gasteiger partial charge is 0.245 e. The van der Waals surface area contributed by atoms with Crippen LogP contribution in [0.4, 0.5) is 0 Å². The maximum atomic E-state index is 11.4. The van der Waals surface area contributed by atoms with Crippen LogP contribution in [0.2, 0.25) is 0 Å². The van der Waals surface area contributed by atoms with Gasteiger partial charge in [-0.05, 0) is 18.4 Å². The monoisotopic (exact) mass is 222 g/mol. The molecule has 3 nitrogen and oxygen atoms in total. The minimum atomic E-state index is 0.0524. The van der Waals surface area contributed by atoms with E-state index in [0.717, 1.165) is 25.9 Å². The van der Waals surface area contributed by atoms with Crippen LogP contribution >= 0.6 is 11.3 Å². The minimum Gasteiger partial charge on any atom is -0.339 e. The second kappa shape index (κ2) is 4.57. The largest absolute Gasteiger partial charge is 0.339 e. The molecule has 1 aliphatic heterocycles. The summed E-state index contributed by atoms with van der Waals surface area (Å²) in [4.78, 5) is 17.5. The van der Waals surface area contributed by atoms with E-state index >= 15 is 0 Å². The van der Waals surface area contributed by atoms with Crippen LogP contribution in [0.1, 0.15) is 11.4 Å². The van der Waals surface area contributed by atoms with Crippen molar-refractivity contribution in [1.29, 1.82) is 0 Å². The summed E-state index contributed by atoms with van der Waals surface area (Å²) < 4.78 is 0. The molecule has 4 heteroatoms. The highest BCUT2D eigenvalue weighted by molar-refractivity contribution is 7.09. The van der Waals surface area contributed by atoms with E-state index in [1.807, 2.05) is 16.5 Å². The Labute approximate surface area is 93.4 Å². The lowest BCUT2D eigenvalue weighted by Gasteiger charge is -2.13. The van der Waals surface area contributed by atoms with Gasteiger partial charge in [-0.1, -0.05) is 6.58 Å². The molecule has 0 radical (unpaired) electrons. The average Bonchev–Trinajstić information content (AvgIpc) is 2.88. The summed E-state index contributed by atoms with van der Waals surface area (Å²) in [6, 6.07) is 0. The van der Waals surface area contributed by atoms with Crippen LogP contribution < -0.4 is 0 Å². The summed E-state index contributed by atoms with van der Waals surface area (Å²) in [5.41, 5.74) is 0. The molecule has 0 aliphatic carbocycles. The molecule has 0 N–H and O–H groups in total. The van der Waals surface area contributed by atoms with Crippen molar-refractivity contribution in [2.75, 3.05) is 13.1 Å². The maximum absolute atomic E-state index is 11.4. The number of carbonyl (C=O) groups excluding carboxylic acids is 1. The van der Waals surface area contributed by atoms with E-state index in [0.29, 0.717) is 5.92 Å². The van der Waals surface area contributed by atoms with Gasteiger partial charge in [-0.2, -0.15) is 0 Å². The van der Waals surface area contributed by atoms with Gasteiger partial charge in [-0.15, -0.1) is 11.3 Å². The number of amides is 1. The van der Waals surface area contributed by atoms with Crippen molar-refractivity contribution in [3.05, 3.63) is 29.2 Å². The van der Waals surface area contributed by atoms with Crippen LogP contribution in [0.15, 0.2) is 24.2 Å². The SMILES string of the molecule is C=CC(=O)N1CCC(Cc2nccs2)C1. The normalized spacial score (nSPS) is 20.5. The molecular weight excluding hydrogens is 208 g/mol. The van der Waals surface area contributed by atoms with Crippen molar-refractivity contribution < 1.29 is 4.79 Å². The molecule has 2 heterocycles. The van der Waals surface area contributed by atoms with Crippen molar-refractivity contribution in [3.63, 3.8) is 0 Å². The molecular formula is C11H14N2OS. The lowest BCUT2D eigenvalue weighted by atomic mass is 10.1. The summed E-state index contributed by atoms with van der Waals surface area (Å²) >= 11 is 1.69. The zero-order chi connectivity index (χ0) is 10.7. The molecule has 1 aromatic rings. The molecule has 1 aromatic heterocycles. The first-order valence-electron chi connectivity index (χ1n) is 5.09. The summed E-state index contributed by atoms with van der Waals surface area (Å²) in [5, 5.41) is 3.17. The van der Waals surface area contributed by atoms with Crippen LogP contribution in [0, 0.1) is 5.92 Å². The summed E-state index contributed by atoms with van der Waals surface area (Å²) in [6.45, 7) is 5.22. The number of nitrogens with zero attached hydrogens (tertiary/aromatic N) is 2. The Bertz CT molecular complexity index is 347. The van der Waals surface area contributed by atoms with Crippen LogP contribution in [0.3, 0.4) is 0 Å². The average molecular weight is 222 g/mol. The van der Waals surface area contributed by atoms with E-state index in [1.54, 1.807) is 11.3 Å². The first-order chi connectivity index (χ1) is 7.29. The predicted molar refractivity (Wildman–Crippen MR) is 60.7 cm³/mol. The Morgan fingerprint density at radius 3 is 3.33 bits per heavy atom. The van der Waals surface area contributed by atoms with E-state index in [9.17, 15) is 4.79 Å².